The number of carbonyl (C=O) groups excluding carboxylic acids is 1. The van der Waals surface area contributed by atoms with Gasteiger partial charge in [0.1, 0.15) is 12.7 Å². The van der Waals surface area contributed by atoms with E-state index in [1.54, 1.807) is 32.8 Å². The lowest BCUT2D eigenvalue weighted by Crippen LogP contribution is -3.00. The van der Waals surface area contributed by atoms with Gasteiger partial charge in [0.15, 0.2) is 0 Å². The van der Waals surface area contributed by atoms with Crippen molar-refractivity contribution in [3.63, 3.8) is 0 Å². The Hall–Kier alpha value is -1.94. The summed E-state index contributed by atoms with van der Waals surface area (Å²) in [5, 5.41) is 14.8. The Morgan fingerprint density at radius 2 is 2.23 bits per heavy atom. The molecule has 1 aromatic rings. The van der Waals surface area contributed by atoms with Crippen LogP contribution in [0.15, 0.2) is 23.6 Å². The van der Waals surface area contributed by atoms with Crippen LogP contribution in [0, 0.1) is 0 Å². The van der Waals surface area contributed by atoms with Gasteiger partial charge in [0.05, 0.1) is 26.0 Å². The summed E-state index contributed by atoms with van der Waals surface area (Å²) in [4.78, 5) is 23.4. The number of halogens is 1. The number of hydrogen-bond donors (Lipinski definition) is 1. The van der Waals surface area contributed by atoms with Crippen molar-refractivity contribution in [2.45, 2.75) is 25.1 Å². The monoisotopic (exact) mass is 427 g/mol. The number of aliphatic hydroxyl groups is 1. The predicted octanol–water partition coefficient (Wildman–Crippen LogP) is -3.17. The minimum Gasteiger partial charge on any atom is -1.00 e. The molecule has 1 fully saturated rings. The summed E-state index contributed by atoms with van der Waals surface area (Å²) in [6, 6.07) is 1.77. The second-order valence-electron chi connectivity index (χ2n) is 6.08. The molecule has 26 heavy (non-hydrogen) atoms. The number of aromatic nitrogens is 2. The van der Waals surface area contributed by atoms with Crippen LogP contribution in [0.1, 0.15) is 12.8 Å². The fraction of sp³-hybridized carbons (Fsp3) is 0.667. The van der Waals surface area contributed by atoms with Crippen LogP contribution in [-0.4, -0.2) is 66.0 Å². The zero-order valence-electron chi connectivity index (χ0n) is 14.4. The zero-order valence-corrected chi connectivity index (χ0v) is 16.0. The molecule has 1 amide bonds. The molecule has 10 nitrogen and oxygen atoms in total. The fourth-order valence-corrected chi connectivity index (χ4v) is 3.21. The maximum absolute atomic E-state index is 13.0. The van der Waals surface area contributed by atoms with Crippen LogP contribution in [0.4, 0.5) is 5.95 Å². The van der Waals surface area contributed by atoms with Gasteiger partial charge in [0.25, 0.3) is 11.6 Å². The first-order valence-corrected chi connectivity index (χ1v) is 8.39. The lowest BCUT2D eigenvalue weighted by Gasteiger charge is -2.34. The first kappa shape index (κ1) is 20.4. The molecule has 2 aliphatic rings. The lowest BCUT2D eigenvalue weighted by atomic mass is 10.1. The number of hydrogen-bond acceptors (Lipinski definition) is 6. The fourth-order valence-electron chi connectivity index (χ4n) is 3.21. The van der Waals surface area contributed by atoms with E-state index in [4.69, 9.17) is 10.3 Å². The van der Waals surface area contributed by atoms with E-state index in [9.17, 15) is 9.90 Å². The molecule has 1 saturated heterocycles. The van der Waals surface area contributed by atoms with Gasteiger partial charge in [-0.15, -0.1) is 0 Å². The van der Waals surface area contributed by atoms with E-state index in [0.29, 0.717) is 58.2 Å². The number of azide groups is 1. The van der Waals surface area contributed by atoms with Gasteiger partial charge in [0, 0.05) is 30.6 Å². The Labute approximate surface area is 161 Å². The number of carbonyl (C=O) groups is 1. The van der Waals surface area contributed by atoms with Crippen LogP contribution in [0.25, 0.3) is 10.4 Å². The van der Waals surface area contributed by atoms with Crippen molar-refractivity contribution in [1.29, 1.82) is 0 Å². The molecule has 3 heterocycles. The molecule has 2 aliphatic heterocycles. The topological polar surface area (TPSA) is 119 Å². The van der Waals surface area contributed by atoms with Crippen LogP contribution in [0.3, 0.4) is 0 Å². The second kappa shape index (κ2) is 9.13. The summed E-state index contributed by atoms with van der Waals surface area (Å²) in [6.07, 6.45) is 4.80. The number of amides is 1. The number of fused-ring (bicyclic) bond motifs is 1. The predicted molar refractivity (Wildman–Crippen MR) is 87.4 cm³/mol. The van der Waals surface area contributed by atoms with Crippen LogP contribution in [0.2, 0.25) is 0 Å². The zero-order chi connectivity index (χ0) is 17.7. The summed E-state index contributed by atoms with van der Waals surface area (Å²) < 4.78 is 7.07. The molecule has 0 bridgehead atoms. The van der Waals surface area contributed by atoms with Crippen LogP contribution >= 0.6 is 0 Å². The molecule has 1 unspecified atom stereocenters. The third-order valence-electron chi connectivity index (χ3n) is 4.47. The summed E-state index contributed by atoms with van der Waals surface area (Å²) in [7, 11) is 0. The highest BCUT2D eigenvalue weighted by Gasteiger charge is 2.57. The van der Waals surface area contributed by atoms with Gasteiger partial charge in [-0.25, -0.2) is 9.47 Å². The van der Waals surface area contributed by atoms with Gasteiger partial charge in [-0.1, -0.05) is 10.1 Å². The molecule has 1 atom stereocenters. The lowest BCUT2D eigenvalue weighted by molar-refractivity contribution is -0.682. The Bertz CT molecular complexity index is 679. The molecule has 1 N–H and O–H groups in total. The van der Waals surface area contributed by atoms with Crippen LogP contribution in [0.5, 0.6) is 0 Å². The number of unbranched alkanes of at least 4 members (excludes halogenated alkanes) is 1. The molecule has 0 radical (unpaired) electrons. The van der Waals surface area contributed by atoms with Gasteiger partial charge in [-0.05, 0) is 18.4 Å². The van der Waals surface area contributed by atoms with Crippen molar-refractivity contribution in [3.05, 3.63) is 28.9 Å². The Morgan fingerprint density at radius 3 is 2.96 bits per heavy atom. The van der Waals surface area contributed by atoms with E-state index in [1.807, 2.05) is 0 Å². The third kappa shape index (κ3) is 4.07. The third-order valence-corrected chi connectivity index (χ3v) is 4.47. The maximum atomic E-state index is 13.0. The normalized spacial score (nSPS) is 21.6. The molecule has 3 rings (SSSR count). The number of nitrogens with zero attached hydrogens (tertiary/aromatic N) is 7. The van der Waals surface area contributed by atoms with Gasteiger partial charge < -0.3 is 31.7 Å². The highest BCUT2D eigenvalue weighted by Crippen LogP contribution is 2.27. The summed E-state index contributed by atoms with van der Waals surface area (Å²) in [5.74, 6) is 0.242. The molecule has 0 saturated carbocycles. The quantitative estimate of drug-likeness (QED) is 0.169. The first-order valence-electron chi connectivity index (χ1n) is 8.39. The molecule has 0 aromatic carbocycles. The van der Waals surface area contributed by atoms with E-state index in [2.05, 4.69) is 15.0 Å². The molecule has 142 valence electrons. The Balaban J connectivity index is 0.00000243. The Kier molecular flexibility index (Phi) is 7.15. The van der Waals surface area contributed by atoms with Crippen LogP contribution in [-0.2, 0) is 16.1 Å². The molecule has 0 spiro atoms. The minimum atomic E-state index is -1.66. The van der Waals surface area contributed by atoms with Crippen molar-refractivity contribution in [2.24, 2.45) is 5.11 Å². The highest BCUT2D eigenvalue weighted by molar-refractivity contribution is 5.87. The highest BCUT2D eigenvalue weighted by atomic mass is 79.9. The van der Waals surface area contributed by atoms with E-state index in [-0.39, 0.29) is 29.4 Å². The van der Waals surface area contributed by atoms with Gasteiger partial charge in [0.2, 0.25) is 0 Å². The molecule has 0 aliphatic carbocycles. The minimum absolute atomic E-state index is 0. The van der Waals surface area contributed by atoms with Crippen molar-refractivity contribution in [3.8, 4) is 0 Å². The van der Waals surface area contributed by atoms with E-state index in [1.165, 1.54) is 0 Å². The molecule has 1 aromatic heterocycles. The van der Waals surface area contributed by atoms with Gasteiger partial charge >= 0.3 is 5.95 Å². The van der Waals surface area contributed by atoms with E-state index in [0.717, 1.165) is 0 Å². The van der Waals surface area contributed by atoms with Crippen LogP contribution < -0.4 is 26.4 Å². The number of rotatable bonds is 6. The summed E-state index contributed by atoms with van der Waals surface area (Å²) >= 11 is 0. The van der Waals surface area contributed by atoms with Gasteiger partial charge in [-0.2, -0.15) is 0 Å². The number of anilines is 1. The second-order valence-corrected chi connectivity index (χ2v) is 6.08. The van der Waals surface area contributed by atoms with Crippen molar-refractivity contribution in [2.75, 3.05) is 44.3 Å². The first-order chi connectivity index (χ1) is 12.2. The molecular formula is C15H22BrN7O3. The maximum Gasteiger partial charge on any atom is 0.396 e. The van der Waals surface area contributed by atoms with Crippen molar-refractivity contribution in [1.82, 2.24) is 9.88 Å². The van der Waals surface area contributed by atoms with Gasteiger partial charge in [-0.3, -0.25) is 4.79 Å². The number of ether oxygens (including phenoxy) is 1. The number of morpholine rings is 1. The molecule has 11 heteroatoms. The smallest absolute Gasteiger partial charge is 0.396 e. The average Bonchev–Trinajstić information content (AvgIpc) is 2.94. The summed E-state index contributed by atoms with van der Waals surface area (Å²) in [5.41, 5.74) is 6.69. The average molecular weight is 428 g/mol. The van der Waals surface area contributed by atoms with Crippen molar-refractivity contribution < 1.29 is 36.2 Å². The Morgan fingerprint density at radius 1 is 1.46 bits per heavy atom. The SMILES string of the molecule is [Br-].[N-]=[N+]=NCCCCN1c2nccc[n+]2CC1(O)C(=O)N1CCOCC1. The van der Waals surface area contributed by atoms with E-state index >= 15 is 0 Å². The van der Waals surface area contributed by atoms with Crippen molar-refractivity contribution >= 4 is 11.9 Å². The largest absolute Gasteiger partial charge is 1.00 e. The summed E-state index contributed by atoms with van der Waals surface area (Å²) in [6.45, 7) is 2.88. The van der Waals surface area contributed by atoms with E-state index < -0.39 is 5.72 Å². The standard InChI is InChI=1S/C15H22N7O3.BrH/c16-19-18-5-1-2-7-22-14-17-4-3-6-21(14)12-15(22,24)13(23)20-8-10-25-11-9-20;/h3-4,6,24H,1-2,5,7-12H2;1H/q+1;/p-1. The molecular weight excluding hydrogens is 406 g/mol.